The zero-order valence-electron chi connectivity index (χ0n) is 20.9. The molecule has 0 bridgehead atoms. The Kier molecular flexibility index (Phi) is 6.33. The summed E-state index contributed by atoms with van der Waals surface area (Å²) in [6.45, 7) is 11.7. The number of anilines is 1. The van der Waals surface area contributed by atoms with Crippen molar-refractivity contribution in [3.63, 3.8) is 0 Å². The molecular formula is C30H32ClN3O. The smallest absolute Gasteiger partial charge is 0.253 e. The molecule has 1 unspecified atom stereocenters. The van der Waals surface area contributed by atoms with E-state index in [1.165, 1.54) is 16.8 Å². The number of piperazine rings is 1. The van der Waals surface area contributed by atoms with Crippen molar-refractivity contribution in [2.24, 2.45) is 0 Å². The van der Waals surface area contributed by atoms with E-state index in [9.17, 15) is 4.79 Å². The van der Waals surface area contributed by atoms with E-state index in [4.69, 9.17) is 11.6 Å². The number of hydrogen-bond donors (Lipinski definition) is 0. The van der Waals surface area contributed by atoms with Crippen LogP contribution in [0.1, 0.15) is 43.8 Å². The molecule has 2 heterocycles. The fourth-order valence-corrected chi connectivity index (χ4v) is 5.60. The number of halogens is 1. The number of amides is 1. The van der Waals surface area contributed by atoms with Gasteiger partial charge in [0.15, 0.2) is 0 Å². The molecule has 1 atom stereocenters. The van der Waals surface area contributed by atoms with Gasteiger partial charge in [-0.3, -0.25) is 4.79 Å². The summed E-state index contributed by atoms with van der Waals surface area (Å²) in [5.74, 6) is 0.0998. The fraction of sp³-hybridized carbons (Fsp3) is 0.300. The number of alkyl halides is 1. The number of benzene rings is 3. The fourth-order valence-electron chi connectivity index (χ4n) is 5.20. The van der Waals surface area contributed by atoms with E-state index >= 15 is 0 Å². The number of aromatic nitrogens is 1. The van der Waals surface area contributed by atoms with Crippen LogP contribution in [0.5, 0.6) is 0 Å². The van der Waals surface area contributed by atoms with Crippen LogP contribution < -0.4 is 4.90 Å². The van der Waals surface area contributed by atoms with E-state index in [1.54, 1.807) is 0 Å². The lowest BCUT2D eigenvalue weighted by Gasteiger charge is -2.37. The average molecular weight is 486 g/mol. The Hall–Kier alpha value is -3.24. The van der Waals surface area contributed by atoms with E-state index in [0.29, 0.717) is 0 Å². The van der Waals surface area contributed by atoms with Crippen molar-refractivity contribution < 1.29 is 4.79 Å². The van der Waals surface area contributed by atoms with E-state index in [1.807, 2.05) is 53.4 Å². The second kappa shape index (κ2) is 9.43. The van der Waals surface area contributed by atoms with Crippen molar-refractivity contribution >= 4 is 34.1 Å². The Morgan fingerprint density at radius 3 is 2.26 bits per heavy atom. The number of nitrogens with zero attached hydrogens (tertiary/aromatic N) is 3. The number of fused-ring (bicyclic) bond motifs is 1. The Morgan fingerprint density at radius 2 is 1.54 bits per heavy atom. The van der Waals surface area contributed by atoms with Crippen molar-refractivity contribution in [2.45, 2.75) is 33.2 Å². The van der Waals surface area contributed by atoms with Gasteiger partial charge in [-0.1, -0.05) is 54.1 Å². The lowest BCUT2D eigenvalue weighted by molar-refractivity contribution is 0.0747. The first-order valence-corrected chi connectivity index (χ1v) is 12.7. The number of hydrogen-bond acceptors (Lipinski definition) is 2. The second-order valence-electron chi connectivity index (χ2n) is 9.56. The normalized spacial score (nSPS) is 15.0. The number of aryl methyl sites for hydroxylation is 2. The first kappa shape index (κ1) is 23.5. The van der Waals surface area contributed by atoms with Crippen LogP contribution in [0.25, 0.3) is 10.9 Å². The highest BCUT2D eigenvalue weighted by Gasteiger charge is 2.25. The topological polar surface area (TPSA) is 28.5 Å². The van der Waals surface area contributed by atoms with Gasteiger partial charge in [0.1, 0.15) is 5.50 Å². The highest BCUT2D eigenvalue weighted by Crippen LogP contribution is 2.34. The molecule has 1 aliphatic rings. The molecule has 1 fully saturated rings. The summed E-state index contributed by atoms with van der Waals surface area (Å²) in [6, 6.07) is 22.6. The molecule has 35 heavy (non-hydrogen) atoms. The predicted molar refractivity (Wildman–Crippen MR) is 146 cm³/mol. The molecule has 1 aromatic heterocycles. The van der Waals surface area contributed by atoms with Gasteiger partial charge in [0.2, 0.25) is 0 Å². The number of rotatable bonds is 4. The van der Waals surface area contributed by atoms with E-state index in [-0.39, 0.29) is 11.4 Å². The lowest BCUT2D eigenvalue weighted by Crippen LogP contribution is -2.49. The maximum atomic E-state index is 13.4. The maximum absolute atomic E-state index is 13.4. The average Bonchev–Trinajstić information content (AvgIpc) is 3.14. The molecule has 1 saturated heterocycles. The molecule has 0 aliphatic carbocycles. The first-order chi connectivity index (χ1) is 16.9. The molecule has 1 aliphatic heterocycles. The quantitative estimate of drug-likeness (QED) is 0.304. The van der Waals surface area contributed by atoms with Crippen molar-refractivity contribution in [1.82, 2.24) is 9.47 Å². The van der Waals surface area contributed by atoms with Crippen LogP contribution in [0.15, 0.2) is 66.7 Å². The summed E-state index contributed by atoms with van der Waals surface area (Å²) in [5, 5.41) is 1.09. The van der Waals surface area contributed by atoms with Gasteiger partial charge in [-0.25, -0.2) is 0 Å². The van der Waals surface area contributed by atoms with Crippen LogP contribution in [0, 0.1) is 27.7 Å². The van der Waals surface area contributed by atoms with Crippen LogP contribution in [0.2, 0.25) is 0 Å². The molecule has 4 aromatic rings. The van der Waals surface area contributed by atoms with Gasteiger partial charge in [-0.15, -0.1) is 0 Å². The zero-order chi connectivity index (χ0) is 24.7. The highest BCUT2D eigenvalue weighted by molar-refractivity contribution is 6.21. The summed E-state index contributed by atoms with van der Waals surface area (Å²) in [7, 11) is 0. The standard InChI is InChI=1S/C30H32ClN3O/c1-20-9-8-12-27(21(20)2)32-15-17-33(18-16-32)30(35)25-13-14-28-26(19-25)22(3)23(4)34(28)29(31)24-10-6-5-7-11-24/h5-14,19,29H,15-18H2,1-4H3. The van der Waals surface area contributed by atoms with Crippen LogP contribution in [-0.4, -0.2) is 41.6 Å². The summed E-state index contributed by atoms with van der Waals surface area (Å²) in [4.78, 5) is 17.8. The van der Waals surface area contributed by atoms with Crippen molar-refractivity contribution in [3.05, 3.63) is 100 Å². The van der Waals surface area contributed by atoms with Crippen LogP contribution in [0.3, 0.4) is 0 Å². The molecular weight excluding hydrogens is 454 g/mol. The molecule has 0 spiro atoms. The molecule has 0 radical (unpaired) electrons. The largest absolute Gasteiger partial charge is 0.368 e. The molecule has 1 amide bonds. The van der Waals surface area contributed by atoms with E-state index < -0.39 is 0 Å². The molecule has 0 saturated carbocycles. The van der Waals surface area contributed by atoms with Gasteiger partial charge >= 0.3 is 0 Å². The number of carbonyl (C=O) groups is 1. The molecule has 180 valence electrons. The summed E-state index contributed by atoms with van der Waals surface area (Å²) in [5.41, 5.74) is 8.73. The predicted octanol–water partition coefficient (Wildman–Crippen LogP) is 6.62. The molecule has 0 N–H and O–H groups in total. The van der Waals surface area contributed by atoms with Gasteiger partial charge in [0.25, 0.3) is 5.91 Å². The molecule has 3 aromatic carbocycles. The Morgan fingerprint density at radius 1 is 0.829 bits per heavy atom. The summed E-state index contributed by atoms with van der Waals surface area (Å²) < 4.78 is 2.17. The number of carbonyl (C=O) groups excluding carboxylic acids is 1. The van der Waals surface area contributed by atoms with Gasteiger partial charge in [-0.2, -0.15) is 0 Å². The van der Waals surface area contributed by atoms with Crippen LogP contribution >= 0.6 is 11.6 Å². The van der Waals surface area contributed by atoms with Crippen LogP contribution in [-0.2, 0) is 0 Å². The minimum Gasteiger partial charge on any atom is -0.368 e. The third-order valence-electron chi connectivity index (χ3n) is 7.60. The minimum atomic E-state index is -0.299. The van der Waals surface area contributed by atoms with Crippen molar-refractivity contribution in [3.8, 4) is 0 Å². The molecule has 5 rings (SSSR count). The first-order valence-electron chi connectivity index (χ1n) is 12.3. The molecule has 5 heteroatoms. The SMILES string of the molecule is Cc1cccc(N2CCN(C(=O)c3ccc4c(c3)c(C)c(C)n4C(Cl)c3ccccc3)CC2)c1C. The van der Waals surface area contributed by atoms with E-state index in [2.05, 4.69) is 55.4 Å². The van der Waals surface area contributed by atoms with Gasteiger partial charge in [0.05, 0.1) is 5.52 Å². The highest BCUT2D eigenvalue weighted by atomic mass is 35.5. The van der Waals surface area contributed by atoms with Gasteiger partial charge in [0, 0.05) is 48.5 Å². The second-order valence-corrected chi connectivity index (χ2v) is 9.97. The van der Waals surface area contributed by atoms with Gasteiger partial charge < -0.3 is 14.4 Å². The third kappa shape index (κ3) is 4.21. The van der Waals surface area contributed by atoms with Crippen molar-refractivity contribution in [1.29, 1.82) is 0 Å². The lowest BCUT2D eigenvalue weighted by atomic mass is 10.1. The molecule has 4 nitrogen and oxygen atoms in total. The van der Waals surface area contributed by atoms with E-state index in [0.717, 1.165) is 59.5 Å². The Labute approximate surface area is 212 Å². The zero-order valence-corrected chi connectivity index (χ0v) is 21.6. The summed E-state index contributed by atoms with van der Waals surface area (Å²) >= 11 is 6.92. The summed E-state index contributed by atoms with van der Waals surface area (Å²) in [6.07, 6.45) is 0. The van der Waals surface area contributed by atoms with Gasteiger partial charge in [-0.05, 0) is 74.2 Å². The Balaban J connectivity index is 1.38. The third-order valence-corrected chi connectivity index (χ3v) is 8.04. The minimum absolute atomic E-state index is 0.0998. The monoisotopic (exact) mass is 485 g/mol. The van der Waals surface area contributed by atoms with Crippen LogP contribution in [0.4, 0.5) is 5.69 Å². The van der Waals surface area contributed by atoms with Crippen molar-refractivity contribution in [2.75, 3.05) is 31.1 Å². The Bertz CT molecular complexity index is 1380. The maximum Gasteiger partial charge on any atom is 0.253 e.